The molecule has 0 aromatic carbocycles. The van der Waals surface area contributed by atoms with Gasteiger partial charge in [0.1, 0.15) is 0 Å². The number of rotatable bonds is 0. The van der Waals surface area contributed by atoms with Crippen LogP contribution >= 0.6 is 35.7 Å². The minimum absolute atomic E-state index is 2.00. The first-order valence-electron chi connectivity index (χ1n) is 2.10. The zero-order chi connectivity index (χ0) is 8.08. The van der Waals surface area contributed by atoms with E-state index in [1.54, 1.807) is 0 Å². The standard InChI is InChI=1S/C3H9N.4ClH.Sn/c1-4(2)3;;;;;/h1-3H3;4*1H;/q;;;;;+4/p-4. The van der Waals surface area contributed by atoms with Crippen LogP contribution in [0.1, 0.15) is 0 Å². The van der Waals surface area contributed by atoms with Crippen molar-refractivity contribution in [3.8, 4) is 0 Å². The van der Waals surface area contributed by atoms with Gasteiger partial charge in [0, 0.05) is 0 Å². The van der Waals surface area contributed by atoms with Gasteiger partial charge in [0.05, 0.1) is 0 Å². The Kier molecular flexibility index (Phi) is 9.93. The van der Waals surface area contributed by atoms with Crippen molar-refractivity contribution in [2.75, 3.05) is 21.1 Å². The van der Waals surface area contributed by atoms with E-state index in [2.05, 4.69) is 0 Å². The van der Waals surface area contributed by atoms with Crippen LogP contribution in [0.4, 0.5) is 0 Å². The summed E-state index contributed by atoms with van der Waals surface area (Å²) in [5, 5.41) is 0. The van der Waals surface area contributed by atoms with E-state index in [0.717, 1.165) is 0 Å². The zero-order valence-electron chi connectivity index (χ0n) is 5.46. The number of hydrogen-bond acceptors (Lipinski definition) is 1. The monoisotopic (exact) mass is 319 g/mol. The van der Waals surface area contributed by atoms with Crippen LogP contribution in [-0.2, 0) is 0 Å². The topological polar surface area (TPSA) is 3.24 Å². The fourth-order valence-electron chi connectivity index (χ4n) is 0. The summed E-state index contributed by atoms with van der Waals surface area (Å²) in [5.41, 5.74) is 0. The quantitative estimate of drug-likeness (QED) is 0.620. The molecule has 0 fully saturated rings. The molecule has 0 radical (unpaired) electrons. The minimum atomic E-state index is -3.29. The maximum atomic E-state index is 5.04. The average molecular weight is 320 g/mol. The van der Waals surface area contributed by atoms with E-state index in [9.17, 15) is 0 Å². The molecule has 9 heavy (non-hydrogen) atoms. The van der Waals surface area contributed by atoms with Crippen LogP contribution in [-0.4, -0.2) is 39.9 Å². The van der Waals surface area contributed by atoms with E-state index >= 15 is 0 Å². The summed E-state index contributed by atoms with van der Waals surface area (Å²) in [6.45, 7) is 0. The van der Waals surface area contributed by atoms with Crippen LogP contribution in [0.3, 0.4) is 0 Å². The van der Waals surface area contributed by atoms with Crippen molar-refractivity contribution in [3.05, 3.63) is 0 Å². The van der Waals surface area contributed by atoms with Gasteiger partial charge in [-0.2, -0.15) is 0 Å². The van der Waals surface area contributed by atoms with Gasteiger partial charge in [-0.25, -0.2) is 0 Å². The van der Waals surface area contributed by atoms with Crippen LogP contribution in [0.25, 0.3) is 0 Å². The van der Waals surface area contributed by atoms with E-state index in [1.165, 1.54) is 0 Å². The fourth-order valence-corrected chi connectivity index (χ4v) is 0. The van der Waals surface area contributed by atoms with Gasteiger partial charge in [-0.1, -0.05) is 0 Å². The summed E-state index contributed by atoms with van der Waals surface area (Å²) in [7, 11) is 26.1. The maximum absolute atomic E-state index is 5.04. The first kappa shape index (κ1) is 13.5. The number of hydrogen-bond donors (Lipinski definition) is 0. The molecule has 6 heteroatoms. The van der Waals surface area contributed by atoms with Gasteiger partial charge < -0.3 is 4.90 Å². The normalized spacial score (nSPS) is 10.7. The molecule has 0 amide bonds. The third kappa shape index (κ3) is 169. The molecule has 0 aliphatic carbocycles. The zero-order valence-corrected chi connectivity index (χ0v) is 11.3. The van der Waals surface area contributed by atoms with Gasteiger partial charge in [-0.05, 0) is 21.1 Å². The summed E-state index contributed by atoms with van der Waals surface area (Å²) < 4.78 is 0. The first-order chi connectivity index (χ1) is 3.73. The molecule has 1 nitrogen and oxygen atoms in total. The van der Waals surface area contributed by atoms with Gasteiger partial charge in [-0.15, -0.1) is 0 Å². The van der Waals surface area contributed by atoms with Gasteiger partial charge in [-0.3, -0.25) is 0 Å². The van der Waals surface area contributed by atoms with Crippen molar-refractivity contribution in [3.63, 3.8) is 0 Å². The Morgan fingerprint density at radius 1 is 0.889 bits per heavy atom. The van der Waals surface area contributed by atoms with Crippen LogP contribution < -0.4 is 0 Å². The average Bonchev–Trinajstić information content (AvgIpc) is 1.19. The molecule has 0 heterocycles. The Balaban J connectivity index is 0. The van der Waals surface area contributed by atoms with Gasteiger partial charge in [0.15, 0.2) is 0 Å². The van der Waals surface area contributed by atoms with Gasteiger partial charge in [0.2, 0.25) is 0 Å². The Labute approximate surface area is 74.9 Å². The Bertz CT molecular complexity index is 52.6. The second kappa shape index (κ2) is 6.62. The van der Waals surface area contributed by atoms with Crippen LogP contribution in [0.15, 0.2) is 0 Å². The molecule has 0 atom stereocenters. The Morgan fingerprint density at radius 3 is 0.889 bits per heavy atom. The molecular weight excluding hydrogens is 311 g/mol. The summed E-state index contributed by atoms with van der Waals surface area (Å²) in [5.74, 6) is 0. The van der Waals surface area contributed by atoms with Crippen molar-refractivity contribution in [2.24, 2.45) is 0 Å². The fraction of sp³-hybridized carbons (Fsp3) is 1.00. The number of nitrogens with zero attached hydrogens (tertiary/aromatic N) is 1. The second-order valence-electron chi connectivity index (χ2n) is 1.77. The molecule has 0 aromatic rings. The third-order valence-electron chi connectivity index (χ3n) is 0. The predicted octanol–water partition coefficient (Wildman–Crippen LogP) is 2.56. The van der Waals surface area contributed by atoms with Crippen LogP contribution in [0.2, 0.25) is 0 Å². The summed E-state index contributed by atoms with van der Waals surface area (Å²) in [6, 6.07) is 0. The summed E-state index contributed by atoms with van der Waals surface area (Å²) in [4.78, 5) is 2.00. The molecule has 0 bridgehead atoms. The van der Waals surface area contributed by atoms with E-state index in [-0.39, 0.29) is 0 Å². The van der Waals surface area contributed by atoms with Crippen molar-refractivity contribution < 1.29 is 0 Å². The molecule has 58 valence electrons. The summed E-state index contributed by atoms with van der Waals surface area (Å²) >= 11 is -3.29. The Hall–Kier alpha value is 1.92. The molecule has 0 spiro atoms. The molecule has 0 saturated heterocycles. The second-order valence-corrected chi connectivity index (χ2v) is 27.2. The molecule has 0 N–H and O–H groups in total. The SMILES string of the molecule is CN(C)C.[Cl][Sn]([Cl])([Cl])[Cl]. The molecule has 0 unspecified atom stereocenters. The van der Waals surface area contributed by atoms with Crippen LogP contribution in [0, 0.1) is 0 Å². The van der Waals surface area contributed by atoms with E-state index in [0.29, 0.717) is 0 Å². The van der Waals surface area contributed by atoms with Gasteiger partial charge >= 0.3 is 49.6 Å². The Morgan fingerprint density at radius 2 is 0.889 bits per heavy atom. The van der Waals surface area contributed by atoms with Crippen molar-refractivity contribution in [1.82, 2.24) is 4.90 Å². The van der Waals surface area contributed by atoms with Crippen LogP contribution in [0.5, 0.6) is 0 Å². The molecular formula is C3H9Cl4NSn. The molecule has 0 aliphatic heterocycles. The molecule has 0 aromatic heterocycles. The van der Waals surface area contributed by atoms with Crippen molar-refractivity contribution in [2.45, 2.75) is 0 Å². The molecule has 0 aliphatic rings. The van der Waals surface area contributed by atoms with E-state index < -0.39 is 13.9 Å². The summed E-state index contributed by atoms with van der Waals surface area (Å²) in [6.07, 6.45) is 0. The van der Waals surface area contributed by atoms with E-state index in [1.807, 2.05) is 26.0 Å². The first-order valence-corrected chi connectivity index (χ1v) is 16.6. The van der Waals surface area contributed by atoms with Crippen molar-refractivity contribution in [1.29, 1.82) is 0 Å². The van der Waals surface area contributed by atoms with Gasteiger partial charge in [0.25, 0.3) is 0 Å². The molecule has 0 rings (SSSR count). The number of halogens is 4. The van der Waals surface area contributed by atoms with Crippen molar-refractivity contribution >= 4 is 49.6 Å². The molecule has 0 saturated carbocycles. The third-order valence-corrected chi connectivity index (χ3v) is 0. The van der Waals surface area contributed by atoms with E-state index in [4.69, 9.17) is 35.7 Å². The predicted molar refractivity (Wildman–Crippen MR) is 48.8 cm³/mol.